The van der Waals surface area contributed by atoms with Gasteiger partial charge >= 0.3 is 12.1 Å². The maximum atomic E-state index is 13.2. The number of carboxylic acids is 1. The van der Waals surface area contributed by atoms with Crippen LogP contribution in [-0.4, -0.2) is 49.2 Å². The molecule has 0 bridgehead atoms. The Bertz CT molecular complexity index is 1090. The van der Waals surface area contributed by atoms with Crippen LogP contribution in [0, 0.1) is 6.92 Å². The van der Waals surface area contributed by atoms with Crippen LogP contribution in [0.2, 0.25) is 5.02 Å². The zero-order chi connectivity index (χ0) is 24.8. The molecule has 33 heavy (non-hydrogen) atoms. The van der Waals surface area contributed by atoms with Gasteiger partial charge in [-0.2, -0.15) is 17.5 Å². The molecule has 0 aliphatic heterocycles. The number of hydrogen-bond donors (Lipinski definition) is 1. The molecule has 0 saturated heterocycles. The Labute approximate surface area is 199 Å². The fraction of sp³-hybridized carbons (Fsp3) is 0.381. The Morgan fingerprint density at radius 2 is 1.88 bits per heavy atom. The lowest BCUT2D eigenvalue weighted by Gasteiger charge is -2.22. The van der Waals surface area contributed by atoms with Gasteiger partial charge in [-0.05, 0) is 55.3 Å². The van der Waals surface area contributed by atoms with Crippen LogP contribution in [0.4, 0.5) is 13.2 Å². The average molecular weight is 526 g/mol. The van der Waals surface area contributed by atoms with Crippen molar-refractivity contribution in [3.05, 3.63) is 52.5 Å². The summed E-state index contributed by atoms with van der Waals surface area (Å²) in [5.41, 5.74) is -0.475. The van der Waals surface area contributed by atoms with Crippen molar-refractivity contribution in [3.8, 4) is 5.75 Å². The third kappa shape index (κ3) is 7.53. The Morgan fingerprint density at radius 3 is 2.45 bits per heavy atom. The van der Waals surface area contributed by atoms with E-state index in [4.69, 9.17) is 21.4 Å². The van der Waals surface area contributed by atoms with Gasteiger partial charge in [0.1, 0.15) is 5.75 Å². The number of thioether (sulfide) groups is 1. The normalized spacial score (nSPS) is 12.2. The molecule has 0 aliphatic rings. The number of benzene rings is 2. The molecule has 0 fully saturated rings. The van der Waals surface area contributed by atoms with Crippen molar-refractivity contribution in [3.63, 3.8) is 0 Å². The molecule has 1 N–H and O–H groups in total. The van der Waals surface area contributed by atoms with E-state index < -0.39 is 44.3 Å². The van der Waals surface area contributed by atoms with E-state index in [0.29, 0.717) is 24.0 Å². The van der Waals surface area contributed by atoms with Crippen LogP contribution >= 0.6 is 23.4 Å². The summed E-state index contributed by atoms with van der Waals surface area (Å²) in [5, 5.41) is 8.14. The number of alkyl halides is 3. The molecule has 12 heteroatoms. The topological polar surface area (TPSA) is 83.9 Å². The Balaban J connectivity index is 2.13. The molecule has 182 valence electrons. The van der Waals surface area contributed by atoms with Crippen LogP contribution in [0.1, 0.15) is 24.5 Å². The predicted octanol–water partition coefficient (Wildman–Crippen LogP) is 5.32. The quantitative estimate of drug-likeness (QED) is 0.400. The highest BCUT2D eigenvalue weighted by Crippen LogP contribution is 2.36. The summed E-state index contributed by atoms with van der Waals surface area (Å²) in [5.74, 6) is -0.304. The van der Waals surface area contributed by atoms with Crippen molar-refractivity contribution in [2.75, 3.05) is 25.4 Å². The van der Waals surface area contributed by atoms with E-state index in [1.165, 1.54) is 11.8 Å². The molecular formula is C21H23ClF3NO5S2. The van der Waals surface area contributed by atoms with Gasteiger partial charge in [0.15, 0.2) is 6.61 Å². The van der Waals surface area contributed by atoms with Gasteiger partial charge in [0, 0.05) is 23.7 Å². The first-order valence-electron chi connectivity index (χ1n) is 9.81. The number of rotatable bonds is 11. The van der Waals surface area contributed by atoms with Gasteiger partial charge in [-0.1, -0.05) is 18.5 Å². The van der Waals surface area contributed by atoms with Crippen LogP contribution in [0.25, 0.3) is 0 Å². The van der Waals surface area contributed by atoms with Crippen LogP contribution in [0.5, 0.6) is 5.75 Å². The average Bonchev–Trinajstić information content (AvgIpc) is 2.71. The number of carbonyl (C=O) groups is 1. The zero-order valence-corrected chi connectivity index (χ0v) is 20.2. The molecule has 0 amide bonds. The molecule has 0 radical (unpaired) electrons. The molecular weight excluding hydrogens is 503 g/mol. The SMILES string of the molecule is CCCN(CCSc1ccc(OCC(=O)O)c(C)c1)S(=O)(=O)c1ccc(Cl)c(C(F)(F)F)c1. The number of hydrogen-bond acceptors (Lipinski definition) is 5. The Morgan fingerprint density at radius 1 is 1.18 bits per heavy atom. The van der Waals surface area contributed by atoms with Crippen molar-refractivity contribution < 1.29 is 36.2 Å². The van der Waals surface area contributed by atoms with Gasteiger partial charge in [-0.25, -0.2) is 13.2 Å². The van der Waals surface area contributed by atoms with E-state index in [9.17, 15) is 26.4 Å². The largest absolute Gasteiger partial charge is 0.482 e. The zero-order valence-electron chi connectivity index (χ0n) is 17.9. The minimum Gasteiger partial charge on any atom is -0.482 e. The highest BCUT2D eigenvalue weighted by atomic mass is 35.5. The first-order chi connectivity index (χ1) is 15.4. The summed E-state index contributed by atoms with van der Waals surface area (Å²) in [6.45, 7) is 3.30. The van der Waals surface area contributed by atoms with E-state index in [-0.39, 0.29) is 13.1 Å². The maximum absolute atomic E-state index is 13.2. The second-order valence-corrected chi connectivity index (χ2v) is 10.5. The standard InChI is InChI=1S/C21H23ClF3NO5S2/c1-3-8-26(33(29,30)16-5-6-18(22)17(12-16)21(23,24)25)9-10-32-15-4-7-19(14(2)11-15)31-13-20(27)28/h4-7,11-12H,3,8-10,13H2,1-2H3,(H,27,28). The molecule has 0 aromatic heterocycles. The third-order valence-corrected chi connectivity index (χ3v) is 7.66. The van der Waals surface area contributed by atoms with Gasteiger partial charge < -0.3 is 9.84 Å². The number of aryl methyl sites for hydroxylation is 1. The Kier molecular flexibility index (Phi) is 9.48. The molecule has 2 aromatic carbocycles. The number of ether oxygens (including phenoxy) is 1. The lowest BCUT2D eigenvalue weighted by Crippen LogP contribution is -2.34. The van der Waals surface area contributed by atoms with E-state index in [0.717, 1.165) is 26.9 Å². The van der Waals surface area contributed by atoms with Gasteiger partial charge in [0.2, 0.25) is 10.0 Å². The number of carboxylic acid groups (broad SMARTS) is 1. The van der Waals surface area contributed by atoms with Crippen molar-refractivity contribution in [1.29, 1.82) is 0 Å². The summed E-state index contributed by atoms with van der Waals surface area (Å²) in [4.78, 5) is 11.0. The first kappa shape index (κ1) is 27.3. The van der Waals surface area contributed by atoms with E-state index in [1.54, 1.807) is 32.0 Å². The molecule has 0 saturated carbocycles. The fourth-order valence-electron chi connectivity index (χ4n) is 2.91. The molecule has 2 aromatic rings. The summed E-state index contributed by atoms with van der Waals surface area (Å²) < 4.78 is 71.9. The lowest BCUT2D eigenvalue weighted by atomic mass is 10.2. The third-order valence-electron chi connectivity index (χ3n) is 4.46. The van der Waals surface area contributed by atoms with E-state index >= 15 is 0 Å². The first-order valence-corrected chi connectivity index (χ1v) is 12.6. The summed E-state index contributed by atoms with van der Waals surface area (Å²) in [6, 6.07) is 7.71. The summed E-state index contributed by atoms with van der Waals surface area (Å²) in [6.07, 6.45) is -4.29. The molecule has 2 rings (SSSR count). The van der Waals surface area contributed by atoms with Gasteiger partial charge in [-0.15, -0.1) is 11.8 Å². The van der Waals surface area contributed by atoms with E-state index in [1.807, 2.05) is 0 Å². The number of aliphatic carboxylic acids is 1. The van der Waals surface area contributed by atoms with Gasteiger partial charge in [0.25, 0.3) is 0 Å². The highest BCUT2D eigenvalue weighted by molar-refractivity contribution is 7.99. The van der Waals surface area contributed by atoms with Crippen molar-refractivity contribution in [2.24, 2.45) is 0 Å². The minimum absolute atomic E-state index is 0.0845. The second-order valence-electron chi connectivity index (χ2n) is 7.00. The summed E-state index contributed by atoms with van der Waals surface area (Å²) in [7, 11) is -4.16. The molecule has 0 aliphatic carbocycles. The monoisotopic (exact) mass is 525 g/mol. The van der Waals surface area contributed by atoms with Crippen molar-refractivity contribution in [2.45, 2.75) is 36.2 Å². The number of halogens is 4. The fourth-order valence-corrected chi connectivity index (χ4v) is 5.78. The van der Waals surface area contributed by atoms with Crippen LogP contribution in [0.15, 0.2) is 46.2 Å². The Hall–Kier alpha value is -1.95. The minimum atomic E-state index is -4.77. The predicted molar refractivity (Wildman–Crippen MR) is 121 cm³/mol. The van der Waals surface area contributed by atoms with Crippen molar-refractivity contribution >= 4 is 39.4 Å². The maximum Gasteiger partial charge on any atom is 0.417 e. The van der Waals surface area contributed by atoms with Crippen LogP contribution in [0.3, 0.4) is 0 Å². The second kappa shape index (κ2) is 11.5. The highest BCUT2D eigenvalue weighted by Gasteiger charge is 2.35. The molecule has 0 unspecified atom stereocenters. The van der Waals surface area contributed by atoms with Crippen LogP contribution in [-0.2, 0) is 21.0 Å². The smallest absolute Gasteiger partial charge is 0.417 e. The van der Waals surface area contributed by atoms with E-state index in [2.05, 4.69) is 0 Å². The molecule has 0 heterocycles. The van der Waals surface area contributed by atoms with Gasteiger partial charge in [0.05, 0.1) is 15.5 Å². The molecule has 0 atom stereocenters. The van der Waals surface area contributed by atoms with Gasteiger partial charge in [-0.3, -0.25) is 0 Å². The van der Waals surface area contributed by atoms with Crippen molar-refractivity contribution in [1.82, 2.24) is 4.31 Å². The summed E-state index contributed by atoms with van der Waals surface area (Å²) >= 11 is 6.98. The molecule has 6 nitrogen and oxygen atoms in total. The number of sulfonamides is 1. The van der Waals surface area contributed by atoms with Crippen LogP contribution < -0.4 is 4.74 Å². The lowest BCUT2D eigenvalue weighted by molar-refractivity contribution is -0.139. The number of nitrogens with zero attached hydrogens (tertiary/aromatic N) is 1. The molecule has 0 spiro atoms.